The van der Waals surface area contributed by atoms with Gasteiger partial charge in [0.05, 0.1) is 17.7 Å². The molecule has 1 unspecified atom stereocenters. The monoisotopic (exact) mass is 257 g/mol. The summed E-state index contributed by atoms with van der Waals surface area (Å²) in [6, 6.07) is 0. The van der Waals surface area contributed by atoms with Gasteiger partial charge in [-0.25, -0.2) is 4.68 Å². The Labute approximate surface area is 107 Å². The molecule has 17 heavy (non-hydrogen) atoms. The minimum absolute atomic E-state index is 0.000130. The molecule has 2 rings (SSSR count). The highest BCUT2D eigenvalue weighted by molar-refractivity contribution is 6.16. The van der Waals surface area contributed by atoms with Gasteiger partial charge >= 0.3 is 0 Å². The van der Waals surface area contributed by atoms with E-state index < -0.39 is 0 Å². The first-order chi connectivity index (χ1) is 8.26. The molecule has 4 nitrogen and oxygen atoms in total. The van der Waals surface area contributed by atoms with Crippen molar-refractivity contribution in [2.45, 2.75) is 51.1 Å². The molecule has 0 radical (unpaired) electrons. The second-order valence-corrected chi connectivity index (χ2v) is 5.01. The fourth-order valence-corrected chi connectivity index (χ4v) is 2.45. The van der Waals surface area contributed by atoms with Gasteiger partial charge in [-0.1, -0.05) is 24.5 Å². The number of aromatic nitrogens is 3. The highest BCUT2D eigenvalue weighted by Gasteiger charge is 2.21. The van der Waals surface area contributed by atoms with Crippen LogP contribution in [0.4, 0.5) is 0 Å². The Morgan fingerprint density at radius 1 is 1.53 bits per heavy atom. The summed E-state index contributed by atoms with van der Waals surface area (Å²) in [5.41, 5.74) is 1.87. The van der Waals surface area contributed by atoms with Crippen LogP contribution in [0.1, 0.15) is 50.1 Å². The molecule has 1 aromatic rings. The average Bonchev–Trinajstić information content (AvgIpc) is 2.69. The first-order valence-electron chi connectivity index (χ1n) is 6.27. The molecular weight excluding hydrogens is 238 g/mol. The van der Waals surface area contributed by atoms with Gasteiger partial charge in [0.15, 0.2) is 0 Å². The lowest BCUT2D eigenvalue weighted by molar-refractivity contribution is 0.110. The lowest BCUT2D eigenvalue weighted by atomic mass is 9.83. The zero-order chi connectivity index (χ0) is 12.3. The zero-order valence-corrected chi connectivity index (χ0v) is 11.3. The largest absolute Gasteiger partial charge is 0.375 e. The third kappa shape index (κ3) is 2.80. The summed E-state index contributed by atoms with van der Waals surface area (Å²) < 4.78 is 7.33. The quantitative estimate of drug-likeness (QED) is 0.736. The summed E-state index contributed by atoms with van der Waals surface area (Å²) in [6.07, 6.45) is 5.31. The Hall–Kier alpha value is -0.610. The summed E-state index contributed by atoms with van der Waals surface area (Å²) >= 11 is 5.88. The van der Waals surface area contributed by atoms with Gasteiger partial charge in [0.2, 0.25) is 0 Å². The predicted molar refractivity (Wildman–Crippen MR) is 67.0 cm³/mol. The second kappa shape index (κ2) is 5.83. The molecule has 5 heteroatoms. The van der Waals surface area contributed by atoms with Crippen LogP contribution in [0, 0.1) is 5.92 Å². The maximum atomic E-state index is 5.88. The molecule has 0 spiro atoms. The van der Waals surface area contributed by atoms with Crippen molar-refractivity contribution in [1.82, 2.24) is 15.0 Å². The summed E-state index contributed by atoms with van der Waals surface area (Å²) in [4.78, 5) is 0. The number of methoxy groups -OCH3 is 1. The second-order valence-electron chi connectivity index (χ2n) is 4.74. The number of rotatable bonds is 6. The highest BCUT2D eigenvalue weighted by atomic mass is 35.5. The number of aryl methyl sites for hydroxylation is 1. The molecule has 0 amide bonds. The Morgan fingerprint density at radius 3 is 2.82 bits per heavy atom. The first-order valence-corrected chi connectivity index (χ1v) is 6.80. The lowest BCUT2D eigenvalue weighted by Crippen LogP contribution is -2.17. The maximum absolute atomic E-state index is 5.88. The van der Waals surface area contributed by atoms with Crippen molar-refractivity contribution in [3.8, 4) is 0 Å². The van der Waals surface area contributed by atoms with E-state index in [1.54, 1.807) is 7.11 Å². The molecule has 1 saturated carbocycles. The van der Waals surface area contributed by atoms with E-state index >= 15 is 0 Å². The van der Waals surface area contributed by atoms with E-state index in [1.807, 2.05) is 11.6 Å². The van der Waals surface area contributed by atoms with Gasteiger partial charge < -0.3 is 4.74 Å². The van der Waals surface area contributed by atoms with Gasteiger partial charge in [-0.05, 0) is 19.3 Å². The van der Waals surface area contributed by atoms with Gasteiger partial charge in [0.1, 0.15) is 5.69 Å². The fraction of sp³-hybridized carbons (Fsp3) is 0.833. The van der Waals surface area contributed by atoms with Crippen LogP contribution < -0.4 is 0 Å². The van der Waals surface area contributed by atoms with Crippen LogP contribution in [0.5, 0.6) is 0 Å². The molecule has 1 aliphatic rings. The molecule has 1 fully saturated rings. The van der Waals surface area contributed by atoms with Crippen LogP contribution in [0.15, 0.2) is 0 Å². The molecule has 1 aromatic heterocycles. The maximum Gasteiger partial charge on any atom is 0.103 e. The van der Waals surface area contributed by atoms with Gasteiger partial charge in [-0.3, -0.25) is 0 Å². The zero-order valence-electron chi connectivity index (χ0n) is 10.5. The molecule has 0 aromatic carbocycles. The number of nitrogens with zero attached hydrogens (tertiary/aromatic N) is 3. The van der Waals surface area contributed by atoms with Crippen LogP contribution in [-0.4, -0.2) is 22.1 Å². The topological polar surface area (TPSA) is 39.9 Å². The van der Waals surface area contributed by atoms with E-state index in [0.29, 0.717) is 5.88 Å². The van der Waals surface area contributed by atoms with Crippen molar-refractivity contribution in [1.29, 1.82) is 0 Å². The third-order valence-corrected chi connectivity index (χ3v) is 3.94. The number of ether oxygens (including phenoxy) is 1. The fourth-order valence-electron chi connectivity index (χ4n) is 2.26. The highest BCUT2D eigenvalue weighted by Crippen LogP contribution is 2.30. The molecule has 1 atom stereocenters. The summed E-state index contributed by atoms with van der Waals surface area (Å²) in [6.45, 7) is 2.94. The Kier molecular flexibility index (Phi) is 4.40. The van der Waals surface area contributed by atoms with E-state index in [9.17, 15) is 0 Å². The van der Waals surface area contributed by atoms with E-state index in [1.165, 1.54) is 25.7 Å². The van der Waals surface area contributed by atoms with Crippen molar-refractivity contribution in [2.24, 2.45) is 5.92 Å². The number of halogens is 1. The molecule has 0 aliphatic heterocycles. The summed E-state index contributed by atoms with van der Waals surface area (Å²) in [5, 5.41) is 8.32. The number of alkyl halides is 1. The van der Waals surface area contributed by atoms with E-state index in [4.69, 9.17) is 16.3 Å². The third-order valence-electron chi connectivity index (χ3n) is 3.69. The van der Waals surface area contributed by atoms with Gasteiger partial charge in [-0.15, -0.1) is 16.7 Å². The van der Waals surface area contributed by atoms with Gasteiger partial charge in [0, 0.05) is 13.7 Å². The van der Waals surface area contributed by atoms with Crippen LogP contribution in [-0.2, 0) is 17.2 Å². The van der Waals surface area contributed by atoms with Crippen molar-refractivity contribution >= 4 is 11.6 Å². The molecule has 96 valence electrons. The molecule has 0 bridgehead atoms. The summed E-state index contributed by atoms with van der Waals surface area (Å²) in [5.74, 6) is 1.27. The molecular formula is C12H20ClN3O. The van der Waals surface area contributed by atoms with Gasteiger partial charge in [0.25, 0.3) is 0 Å². The number of hydrogen-bond acceptors (Lipinski definition) is 3. The van der Waals surface area contributed by atoms with Crippen molar-refractivity contribution < 1.29 is 4.74 Å². The normalized spacial score (nSPS) is 18.1. The molecule has 0 saturated heterocycles. The van der Waals surface area contributed by atoms with E-state index in [-0.39, 0.29) is 6.10 Å². The number of hydrogen-bond donors (Lipinski definition) is 0. The van der Waals surface area contributed by atoms with Crippen molar-refractivity contribution in [2.75, 3.05) is 7.11 Å². The minimum Gasteiger partial charge on any atom is -0.375 e. The first kappa shape index (κ1) is 12.8. The molecule has 1 heterocycles. The van der Waals surface area contributed by atoms with E-state index in [0.717, 1.165) is 23.9 Å². The van der Waals surface area contributed by atoms with Crippen LogP contribution in [0.3, 0.4) is 0 Å². The predicted octanol–water partition coefficient (Wildman–Crippen LogP) is 2.91. The lowest BCUT2D eigenvalue weighted by Gasteiger charge is -2.25. The SMILES string of the molecule is COC(C)c1c(CCl)nnn1CCC1CCC1. The van der Waals surface area contributed by atoms with Crippen LogP contribution in [0.2, 0.25) is 0 Å². The smallest absolute Gasteiger partial charge is 0.103 e. The van der Waals surface area contributed by atoms with E-state index in [2.05, 4.69) is 10.3 Å². The van der Waals surface area contributed by atoms with Crippen LogP contribution in [0.25, 0.3) is 0 Å². The average molecular weight is 258 g/mol. The molecule has 1 aliphatic carbocycles. The van der Waals surface area contributed by atoms with Crippen LogP contribution >= 0.6 is 11.6 Å². The standard InChI is InChI=1S/C12H20ClN3O/c1-9(17-2)12-11(8-13)14-15-16(12)7-6-10-4-3-5-10/h9-10H,3-8H2,1-2H3. The minimum atomic E-state index is 0.000130. The van der Waals surface area contributed by atoms with Gasteiger partial charge in [-0.2, -0.15) is 0 Å². The van der Waals surface area contributed by atoms with Crippen molar-refractivity contribution in [3.63, 3.8) is 0 Å². The Balaban J connectivity index is 2.06. The van der Waals surface area contributed by atoms with Crippen molar-refractivity contribution in [3.05, 3.63) is 11.4 Å². The molecule has 0 N–H and O–H groups in total. The Morgan fingerprint density at radius 2 is 2.29 bits per heavy atom. The Bertz CT molecular complexity index is 363. The summed E-state index contributed by atoms with van der Waals surface area (Å²) in [7, 11) is 1.70.